The van der Waals surface area contributed by atoms with E-state index in [1.807, 2.05) is 24.3 Å². The van der Waals surface area contributed by atoms with Crippen molar-refractivity contribution in [3.8, 4) is 17.0 Å². The van der Waals surface area contributed by atoms with Crippen LogP contribution in [0.3, 0.4) is 0 Å². The molecule has 0 saturated heterocycles. The van der Waals surface area contributed by atoms with E-state index in [9.17, 15) is 14.9 Å². The second-order valence-corrected chi connectivity index (χ2v) is 7.64. The van der Waals surface area contributed by atoms with E-state index in [0.29, 0.717) is 28.6 Å². The molecule has 0 aliphatic carbocycles. The summed E-state index contributed by atoms with van der Waals surface area (Å²) in [4.78, 5) is 22.9. The van der Waals surface area contributed by atoms with Crippen molar-refractivity contribution in [1.29, 1.82) is 0 Å². The van der Waals surface area contributed by atoms with E-state index in [1.165, 1.54) is 28.4 Å². The van der Waals surface area contributed by atoms with E-state index < -0.39 is 4.92 Å². The Morgan fingerprint density at radius 3 is 2.81 bits per heavy atom. The molecule has 0 radical (unpaired) electrons. The second kappa shape index (κ2) is 9.43. The summed E-state index contributed by atoms with van der Waals surface area (Å²) in [6, 6.07) is 17.1. The van der Waals surface area contributed by atoms with Gasteiger partial charge in [0.05, 0.1) is 23.5 Å². The minimum absolute atomic E-state index is 0.0181. The Morgan fingerprint density at radius 1 is 1.16 bits per heavy atom. The highest BCUT2D eigenvalue weighted by molar-refractivity contribution is 7.99. The molecule has 162 valence electrons. The summed E-state index contributed by atoms with van der Waals surface area (Å²) in [5.41, 5.74) is 2.56. The number of ether oxygens (including phenoxy) is 1. The molecule has 2 aromatic heterocycles. The van der Waals surface area contributed by atoms with Gasteiger partial charge in [-0.3, -0.25) is 14.9 Å². The minimum atomic E-state index is -0.452. The number of benzene rings is 2. The van der Waals surface area contributed by atoms with Crippen LogP contribution in [0.2, 0.25) is 0 Å². The van der Waals surface area contributed by atoms with Crippen molar-refractivity contribution < 1.29 is 14.5 Å². The summed E-state index contributed by atoms with van der Waals surface area (Å²) in [5, 5.41) is 27.0. The van der Waals surface area contributed by atoms with Gasteiger partial charge in [0.15, 0.2) is 5.65 Å². The molecule has 2 heterocycles. The molecule has 0 unspecified atom stereocenters. The molecular formula is C21H18N6O4S. The zero-order valence-corrected chi connectivity index (χ0v) is 17.8. The Bertz CT molecular complexity index is 1290. The number of aromatic nitrogens is 4. The van der Waals surface area contributed by atoms with E-state index in [4.69, 9.17) is 4.74 Å². The Labute approximate surface area is 186 Å². The number of carbonyl (C=O) groups excluding carboxylic acids is 1. The highest BCUT2D eigenvalue weighted by Gasteiger charge is 2.13. The van der Waals surface area contributed by atoms with Crippen molar-refractivity contribution in [2.75, 3.05) is 12.9 Å². The van der Waals surface area contributed by atoms with Gasteiger partial charge in [-0.2, -0.15) is 9.61 Å². The van der Waals surface area contributed by atoms with Crippen LogP contribution in [0.4, 0.5) is 5.69 Å². The van der Waals surface area contributed by atoms with Gasteiger partial charge in [0.2, 0.25) is 11.1 Å². The highest BCUT2D eigenvalue weighted by Crippen LogP contribution is 2.24. The number of nitrogens with zero attached hydrogens (tertiary/aromatic N) is 5. The van der Waals surface area contributed by atoms with Gasteiger partial charge in [-0.05, 0) is 29.8 Å². The first-order valence-electron chi connectivity index (χ1n) is 9.53. The van der Waals surface area contributed by atoms with Crippen LogP contribution in [-0.2, 0) is 11.3 Å². The second-order valence-electron chi connectivity index (χ2n) is 6.70. The number of rotatable bonds is 8. The molecule has 4 aromatic rings. The highest BCUT2D eigenvalue weighted by atomic mass is 32.2. The summed E-state index contributed by atoms with van der Waals surface area (Å²) in [6.45, 7) is 0.381. The topological polar surface area (TPSA) is 125 Å². The fraction of sp³-hybridized carbons (Fsp3) is 0.143. The van der Waals surface area contributed by atoms with E-state index in [-0.39, 0.29) is 17.3 Å². The smallest absolute Gasteiger partial charge is 0.270 e. The van der Waals surface area contributed by atoms with Crippen LogP contribution in [-0.4, -0.2) is 43.5 Å². The van der Waals surface area contributed by atoms with Crippen molar-refractivity contribution in [3.05, 3.63) is 76.3 Å². The molecule has 2 aromatic carbocycles. The van der Waals surface area contributed by atoms with E-state index in [1.54, 1.807) is 31.4 Å². The molecule has 0 aliphatic rings. The SMILES string of the molecule is COc1cccc(CNC(=O)CSc2nnc3ccc(-c4cccc([N+](=O)[O-])c4)nn23)c1. The molecule has 1 amide bonds. The predicted octanol–water partition coefficient (Wildman–Crippen LogP) is 3.12. The van der Waals surface area contributed by atoms with Crippen molar-refractivity contribution in [2.45, 2.75) is 11.7 Å². The van der Waals surface area contributed by atoms with E-state index in [0.717, 1.165) is 11.3 Å². The Hall–Kier alpha value is -3.99. The number of fused-ring (bicyclic) bond motifs is 1. The third-order valence-corrected chi connectivity index (χ3v) is 5.46. The van der Waals surface area contributed by atoms with Crippen LogP contribution in [0.25, 0.3) is 16.9 Å². The molecule has 0 spiro atoms. The maximum atomic E-state index is 12.3. The number of methoxy groups -OCH3 is 1. The van der Waals surface area contributed by atoms with Crippen LogP contribution in [0.5, 0.6) is 5.75 Å². The normalized spacial score (nSPS) is 10.8. The number of amides is 1. The molecule has 32 heavy (non-hydrogen) atoms. The summed E-state index contributed by atoms with van der Waals surface area (Å²) >= 11 is 1.20. The van der Waals surface area contributed by atoms with Gasteiger partial charge in [0.25, 0.3) is 5.69 Å². The molecule has 4 rings (SSSR count). The van der Waals surface area contributed by atoms with Crippen LogP contribution in [0.15, 0.2) is 65.8 Å². The zero-order valence-electron chi connectivity index (χ0n) is 17.0. The lowest BCUT2D eigenvalue weighted by Gasteiger charge is -2.07. The van der Waals surface area contributed by atoms with Crippen molar-refractivity contribution >= 4 is 29.0 Å². The first kappa shape index (κ1) is 21.2. The van der Waals surface area contributed by atoms with Gasteiger partial charge in [0.1, 0.15) is 5.75 Å². The first-order chi connectivity index (χ1) is 15.5. The Balaban J connectivity index is 1.44. The van der Waals surface area contributed by atoms with Crippen molar-refractivity contribution in [1.82, 2.24) is 25.1 Å². The fourth-order valence-electron chi connectivity index (χ4n) is 2.96. The molecule has 10 nitrogen and oxygen atoms in total. The van der Waals surface area contributed by atoms with Gasteiger partial charge in [0, 0.05) is 24.2 Å². The summed E-state index contributed by atoms with van der Waals surface area (Å²) in [5.74, 6) is 0.698. The maximum absolute atomic E-state index is 12.3. The minimum Gasteiger partial charge on any atom is -0.497 e. The van der Waals surface area contributed by atoms with Crippen LogP contribution in [0.1, 0.15) is 5.56 Å². The largest absolute Gasteiger partial charge is 0.497 e. The molecule has 11 heteroatoms. The summed E-state index contributed by atoms with van der Waals surface area (Å²) in [6.07, 6.45) is 0. The molecule has 0 saturated carbocycles. The van der Waals surface area contributed by atoms with Gasteiger partial charge in [-0.1, -0.05) is 36.0 Å². The van der Waals surface area contributed by atoms with Gasteiger partial charge >= 0.3 is 0 Å². The Morgan fingerprint density at radius 2 is 2.00 bits per heavy atom. The molecule has 0 fully saturated rings. The third kappa shape index (κ3) is 4.83. The quantitative estimate of drug-likeness (QED) is 0.247. The number of hydrogen-bond donors (Lipinski definition) is 1. The Kier molecular flexibility index (Phi) is 6.26. The van der Waals surface area contributed by atoms with Crippen molar-refractivity contribution in [2.24, 2.45) is 0 Å². The van der Waals surface area contributed by atoms with Crippen LogP contribution < -0.4 is 10.1 Å². The number of thioether (sulfide) groups is 1. The lowest BCUT2D eigenvalue weighted by atomic mass is 10.1. The monoisotopic (exact) mass is 450 g/mol. The molecule has 0 bridgehead atoms. The first-order valence-corrected chi connectivity index (χ1v) is 10.5. The average molecular weight is 450 g/mol. The number of nitro benzene ring substituents is 1. The predicted molar refractivity (Wildman–Crippen MR) is 118 cm³/mol. The molecule has 0 aliphatic heterocycles. The summed E-state index contributed by atoms with van der Waals surface area (Å²) < 4.78 is 6.71. The number of hydrogen-bond acceptors (Lipinski definition) is 8. The van der Waals surface area contributed by atoms with Crippen LogP contribution >= 0.6 is 11.8 Å². The lowest BCUT2D eigenvalue weighted by Crippen LogP contribution is -2.24. The van der Waals surface area contributed by atoms with Gasteiger partial charge in [-0.15, -0.1) is 10.2 Å². The number of non-ortho nitro benzene ring substituents is 1. The fourth-order valence-corrected chi connectivity index (χ4v) is 3.67. The van der Waals surface area contributed by atoms with Crippen molar-refractivity contribution in [3.63, 3.8) is 0 Å². The zero-order chi connectivity index (χ0) is 22.5. The number of nitrogens with one attached hydrogen (secondary N) is 1. The molecule has 0 atom stereocenters. The average Bonchev–Trinajstić information content (AvgIpc) is 3.23. The van der Waals surface area contributed by atoms with E-state index in [2.05, 4.69) is 20.6 Å². The van der Waals surface area contributed by atoms with Gasteiger partial charge in [-0.25, -0.2) is 0 Å². The third-order valence-electron chi connectivity index (χ3n) is 4.54. The molecule has 1 N–H and O–H groups in total. The van der Waals surface area contributed by atoms with Gasteiger partial charge < -0.3 is 10.1 Å². The number of nitro groups is 1. The summed E-state index contributed by atoms with van der Waals surface area (Å²) in [7, 11) is 1.59. The van der Waals surface area contributed by atoms with Crippen LogP contribution in [0, 0.1) is 10.1 Å². The van der Waals surface area contributed by atoms with E-state index >= 15 is 0 Å². The maximum Gasteiger partial charge on any atom is 0.270 e. The lowest BCUT2D eigenvalue weighted by molar-refractivity contribution is -0.384. The molecular weight excluding hydrogens is 432 g/mol. The standard InChI is InChI=1S/C21H18N6O4S/c1-31-17-7-2-4-14(10-17)12-22-20(28)13-32-21-24-23-19-9-8-18(25-26(19)21)15-5-3-6-16(11-15)27(29)30/h2-11H,12-13H2,1H3,(H,22,28). The number of carbonyl (C=O) groups is 1.